The first kappa shape index (κ1) is 28.1. The van der Waals surface area contributed by atoms with E-state index in [1.165, 1.54) is 23.3 Å². The molecular weight excluding hydrogens is 616 g/mol. The zero-order chi connectivity index (χ0) is 31.6. The quantitative estimate of drug-likeness (QED) is 0.192. The molecule has 0 radical (unpaired) electrons. The van der Waals surface area contributed by atoms with Gasteiger partial charge >= 0.3 is 5.76 Å². The highest BCUT2D eigenvalue weighted by Gasteiger charge is 2.45. The number of nitrogens with zero attached hydrogens (tertiary/aromatic N) is 4. The average molecular weight is 645 g/mol. The molecule has 3 aliphatic rings. The summed E-state index contributed by atoms with van der Waals surface area (Å²) in [4.78, 5) is 39.1. The highest BCUT2D eigenvalue weighted by Crippen LogP contribution is 2.50. The maximum atomic E-state index is 14.1. The third-order valence-corrected chi connectivity index (χ3v) is 10.9. The number of hydrogen-bond donors (Lipinski definition) is 2. The van der Waals surface area contributed by atoms with Crippen molar-refractivity contribution in [1.29, 1.82) is 0 Å². The number of aromatic nitrogens is 4. The molecule has 11 heteroatoms. The molecule has 0 bridgehead atoms. The normalized spacial score (nSPS) is 18.1. The van der Waals surface area contributed by atoms with Crippen molar-refractivity contribution < 1.29 is 13.6 Å². The number of aromatic amines is 1. The van der Waals surface area contributed by atoms with E-state index in [0.29, 0.717) is 41.8 Å². The largest absolute Gasteiger partial charge is 0.434 e. The number of amides is 1. The SMILES string of the molecule is O=C1c2c(nc(CCc3ccc(F)cc3)c(-c3n[nH]c(=O)o3)c2-c2cc3ccnc(N[C@H]4CCc5ccccc54)c3s2)[C@@H]2CCCN12. The number of aryl methyl sites for hydroxylation is 3. The first-order chi connectivity index (χ1) is 23.0. The van der Waals surface area contributed by atoms with Crippen LogP contribution in [0.5, 0.6) is 0 Å². The molecule has 2 aliphatic heterocycles. The molecular formula is C36H29FN6O3S. The number of carbonyl (C=O) groups excluding carboxylic acids is 1. The van der Waals surface area contributed by atoms with Crippen molar-refractivity contribution in [2.75, 3.05) is 11.9 Å². The Kier molecular flexibility index (Phi) is 6.56. The van der Waals surface area contributed by atoms with Crippen LogP contribution in [0.25, 0.3) is 32.0 Å². The van der Waals surface area contributed by atoms with Crippen LogP contribution in [-0.2, 0) is 19.3 Å². The van der Waals surface area contributed by atoms with Crippen LogP contribution in [0.3, 0.4) is 0 Å². The lowest BCUT2D eigenvalue weighted by Crippen LogP contribution is -2.22. The monoisotopic (exact) mass is 644 g/mol. The highest BCUT2D eigenvalue weighted by molar-refractivity contribution is 7.23. The molecule has 6 aromatic rings. The Morgan fingerprint density at radius 1 is 1.02 bits per heavy atom. The number of H-pyrrole nitrogens is 1. The van der Waals surface area contributed by atoms with Crippen molar-refractivity contribution in [3.8, 4) is 21.9 Å². The van der Waals surface area contributed by atoms with E-state index >= 15 is 0 Å². The van der Waals surface area contributed by atoms with Crippen LogP contribution in [0.2, 0.25) is 0 Å². The van der Waals surface area contributed by atoms with Crippen LogP contribution in [0, 0.1) is 5.82 Å². The second-order valence-electron chi connectivity index (χ2n) is 12.4. The van der Waals surface area contributed by atoms with Gasteiger partial charge in [-0.1, -0.05) is 36.4 Å². The Morgan fingerprint density at radius 2 is 1.89 bits per heavy atom. The van der Waals surface area contributed by atoms with Crippen molar-refractivity contribution in [2.45, 2.75) is 50.6 Å². The molecule has 9 rings (SSSR count). The summed E-state index contributed by atoms with van der Waals surface area (Å²) in [6, 6.07) is 19.0. The van der Waals surface area contributed by atoms with Crippen LogP contribution in [0.15, 0.2) is 76.1 Å². The number of thiophene rings is 1. The number of anilines is 1. The van der Waals surface area contributed by atoms with E-state index in [2.05, 4.69) is 45.8 Å². The average Bonchev–Trinajstić information content (AvgIpc) is 3.92. The number of benzene rings is 2. The molecule has 0 spiro atoms. The Bertz CT molecular complexity index is 2260. The molecule has 2 atom stereocenters. The van der Waals surface area contributed by atoms with Gasteiger partial charge in [-0.3, -0.25) is 9.78 Å². The lowest BCUT2D eigenvalue weighted by atomic mass is 9.93. The van der Waals surface area contributed by atoms with E-state index in [9.17, 15) is 14.0 Å². The summed E-state index contributed by atoms with van der Waals surface area (Å²) in [5.41, 5.74) is 6.78. The lowest BCUT2D eigenvalue weighted by Gasteiger charge is -2.16. The van der Waals surface area contributed by atoms with Crippen LogP contribution in [-0.4, -0.2) is 37.5 Å². The van der Waals surface area contributed by atoms with Gasteiger partial charge in [-0.2, -0.15) is 0 Å². The fraction of sp³-hybridized carbons (Fsp3) is 0.250. The smallest absolute Gasteiger partial charge is 0.388 e. The number of carbonyl (C=O) groups is 1. The van der Waals surface area contributed by atoms with E-state index in [4.69, 9.17) is 14.4 Å². The van der Waals surface area contributed by atoms with E-state index in [1.807, 2.05) is 17.2 Å². The molecule has 234 valence electrons. The summed E-state index contributed by atoms with van der Waals surface area (Å²) < 4.78 is 20.2. The summed E-state index contributed by atoms with van der Waals surface area (Å²) in [5, 5.41) is 11.3. The third kappa shape index (κ3) is 4.67. The van der Waals surface area contributed by atoms with Gasteiger partial charge < -0.3 is 14.6 Å². The number of hydrogen-bond acceptors (Lipinski definition) is 8. The Labute approximate surface area is 272 Å². The minimum atomic E-state index is -0.688. The second kappa shape index (κ2) is 11.0. The molecule has 0 unspecified atom stereocenters. The highest BCUT2D eigenvalue weighted by atomic mass is 32.1. The van der Waals surface area contributed by atoms with Crippen LogP contribution < -0.4 is 11.1 Å². The molecule has 1 amide bonds. The molecule has 1 fully saturated rings. The molecule has 2 aromatic carbocycles. The van der Waals surface area contributed by atoms with Crippen molar-refractivity contribution in [1.82, 2.24) is 25.1 Å². The molecule has 4 aromatic heterocycles. The Morgan fingerprint density at radius 3 is 2.74 bits per heavy atom. The van der Waals surface area contributed by atoms with Crippen molar-refractivity contribution in [3.63, 3.8) is 0 Å². The fourth-order valence-electron chi connectivity index (χ4n) is 7.52. The topological polar surface area (TPSA) is 117 Å². The van der Waals surface area contributed by atoms with E-state index in [0.717, 1.165) is 57.7 Å². The number of nitrogens with one attached hydrogen (secondary N) is 2. The predicted octanol–water partition coefficient (Wildman–Crippen LogP) is 7.02. The Hall–Kier alpha value is -5.16. The summed E-state index contributed by atoms with van der Waals surface area (Å²) in [6.45, 7) is 0.671. The van der Waals surface area contributed by atoms with E-state index in [1.54, 1.807) is 23.5 Å². The first-order valence-electron chi connectivity index (χ1n) is 15.9. The standard InChI is InChI=1S/C36H29FN6O3S/c37-22-11-7-19(8-12-22)9-13-25-28(34-41-42-36(45)46-34)29(30-31(39-25)26-6-3-17-43(26)35(30)44)27-18-21-15-16-38-33(32(21)47-27)40-24-14-10-20-4-1-2-5-23(20)24/h1-2,4-5,7-8,11-12,15-16,18,24,26H,3,6,9-10,13-14,17H2,(H,38,40)(H,42,45)/t24-,26-/m0/s1. The van der Waals surface area contributed by atoms with Crippen LogP contribution in [0.4, 0.5) is 10.2 Å². The Balaban J connectivity index is 1.22. The van der Waals surface area contributed by atoms with Gasteiger partial charge in [0, 0.05) is 23.2 Å². The molecule has 0 saturated carbocycles. The summed E-state index contributed by atoms with van der Waals surface area (Å²) in [7, 11) is 0. The van der Waals surface area contributed by atoms with Gasteiger partial charge in [0.05, 0.1) is 39.3 Å². The summed E-state index contributed by atoms with van der Waals surface area (Å²) in [5.74, 6) is -0.165. The molecule has 2 N–H and O–H groups in total. The molecule has 47 heavy (non-hydrogen) atoms. The third-order valence-electron chi connectivity index (χ3n) is 9.68. The van der Waals surface area contributed by atoms with Crippen molar-refractivity contribution in [2.24, 2.45) is 0 Å². The van der Waals surface area contributed by atoms with Crippen molar-refractivity contribution >= 4 is 33.1 Å². The van der Waals surface area contributed by atoms with E-state index < -0.39 is 5.76 Å². The van der Waals surface area contributed by atoms with Gasteiger partial charge in [0.1, 0.15) is 11.6 Å². The number of rotatable bonds is 7. The molecule has 9 nitrogen and oxygen atoms in total. The van der Waals surface area contributed by atoms with Gasteiger partial charge in [-0.15, -0.1) is 16.4 Å². The van der Waals surface area contributed by atoms with E-state index in [-0.39, 0.29) is 29.7 Å². The summed E-state index contributed by atoms with van der Waals surface area (Å²) >= 11 is 1.56. The van der Waals surface area contributed by atoms with Gasteiger partial charge in [-0.25, -0.2) is 19.3 Å². The maximum Gasteiger partial charge on any atom is 0.434 e. The first-order valence-corrected chi connectivity index (χ1v) is 16.7. The molecule has 6 heterocycles. The molecule has 1 saturated heterocycles. The van der Waals surface area contributed by atoms with Crippen LogP contribution in [0.1, 0.15) is 69.8 Å². The maximum absolute atomic E-state index is 14.1. The second-order valence-corrected chi connectivity index (χ2v) is 13.4. The fourth-order valence-corrected chi connectivity index (χ4v) is 8.69. The minimum Gasteiger partial charge on any atom is -0.388 e. The minimum absolute atomic E-state index is 0.0642. The summed E-state index contributed by atoms with van der Waals surface area (Å²) in [6.07, 6.45) is 6.61. The lowest BCUT2D eigenvalue weighted by molar-refractivity contribution is 0.0776. The van der Waals surface area contributed by atoms with Crippen LogP contribution >= 0.6 is 11.3 Å². The zero-order valence-corrected chi connectivity index (χ0v) is 26.1. The number of halogens is 1. The number of pyridine rings is 2. The van der Waals surface area contributed by atoms with Gasteiger partial charge in [0.15, 0.2) is 0 Å². The number of fused-ring (bicyclic) bond motifs is 5. The van der Waals surface area contributed by atoms with Gasteiger partial charge in [-0.05, 0) is 84.9 Å². The predicted molar refractivity (Wildman–Crippen MR) is 177 cm³/mol. The van der Waals surface area contributed by atoms with Crippen molar-refractivity contribution in [3.05, 3.63) is 117 Å². The van der Waals surface area contributed by atoms with Gasteiger partial charge in [0.25, 0.3) is 11.8 Å². The van der Waals surface area contributed by atoms with Gasteiger partial charge in [0.2, 0.25) is 0 Å². The zero-order valence-electron chi connectivity index (χ0n) is 25.3. The molecule has 1 aliphatic carbocycles.